The summed E-state index contributed by atoms with van der Waals surface area (Å²) < 4.78 is 13.3. The summed E-state index contributed by atoms with van der Waals surface area (Å²) in [6.45, 7) is 8.13. The second-order valence-electron chi connectivity index (χ2n) is 6.73. The molecule has 0 N–H and O–H groups in total. The lowest BCUT2D eigenvalue weighted by Gasteiger charge is -2.14. The van der Waals surface area contributed by atoms with Gasteiger partial charge in [-0.2, -0.15) is 0 Å². The predicted octanol–water partition coefficient (Wildman–Crippen LogP) is 5.28. The molecular formula is C22H24ClN3O3S. The summed E-state index contributed by atoms with van der Waals surface area (Å²) in [5, 5.41) is 9.63. The third kappa shape index (κ3) is 5.34. The molecule has 0 unspecified atom stereocenters. The van der Waals surface area contributed by atoms with Gasteiger partial charge in [-0.05, 0) is 69.7 Å². The zero-order valence-electron chi connectivity index (χ0n) is 17.4. The van der Waals surface area contributed by atoms with Crippen molar-refractivity contribution in [2.24, 2.45) is 0 Å². The predicted molar refractivity (Wildman–Crippen MR) is 119 cm³/mol. The van der Waals surface area contributed by atoms with Crippen molar-refractivity contribution < 1.29 is 14.3 Å². The number of ketones is 1. The van der Waals surface area contributed by atoms with Crippen molar-refractivity contribution >= 4 is 29.1 Å². The smallest absolute Gasteiger partial charge is 0.196 e. The van der Waals surface area contributed by atoms with Crippen LogP contribution < -0.4 is 9.47 Å². The minimum atomic E-state index is -0.242. The van der Waals surface area contributed by atoms with Gasteiger partial charge in [-0.25, -0.2) is 0 Å². The van der Waals surface area contributed by atoms with Crippen LogP contribution in [0.1, 0.15) is 32.2 Å². The largest absolute Gasteiger partial charge is 0.494 e. The van der Waals surface area contributed by atoms with Crippen LogP contribution in [0.25, 0.3) is 5.69 Å². The number of thioether (sulfide) groups is 1. The molecule has 2 aromatic carbocycles. The van der Waals surface area contributed by atoms with Crippen molar-refractivity contribution in [3.05, 3.63) is 58.9 Å². The molecule has 8 heteroatoms. The summed E-state index contributed by atoms with van der Waals surface area (Å²) >= 11 is 7.70. The van der Waals surface area contributed by atoms with E-state index >= 15 is 0 Å². The Hall–Kier alpha value is -2.51. The van der Waals surface area contributed by atoms with Crippen LogP contribution in [-0.2, 0) is 11.4 Å². The molecule has 6 nitrogen and oxygen atoms in total. The van der Waals surface area contributed by atoms with Crippen molar-refractivity contribution in [3.63, 3.8) is 0 Å². The molecule has 158 valence electrons. The van der Waals surface area contributed by atoms with Gasteiger partial charge >= 0.3 is 0 Å². The zero-order valence-corrected chi connectivity index (χ0v) is 19.0. The molecule has 30 heavy (non-hydrogen) atoms. The van der Waals surface area contributed by atoms with Crippen molar-refractivity contribution in [1.82, 2.24) is 14.8 Å². The van der Waals surface area contributed by atoms with Crippen LogP contribution in [0.4, 0.5) is 0 Å². The van der Waals surface area contributed by atoms with E-state index in [9.17, 15) is 4.79 Å². The van der Waals surface area contributed by atoms with Gasteiger partial charge in [0.1, 0.15) is 23.9 Å². The van der Waals surface area contributed by atoms with E-state index in [1.165, 1.54) is 11.8 Å². The molecule has 0 fully saturated rings. The molecule has 3 rings (SSSR count). The fraction of sp³-hybridized carbons (Fsp3) is 0.318. The maximum atomic E-state index is 11.8. The molecule has 0 aliphatic carbocycles. The third-order valence-electron chi connectivity index (χ3n) is 4.47. The SMILES string of the molecule is CCOc1ccc(OCc2nnc(S[C@@H](C)C(C)=O)n2-c2ccc(C)c(Cl)c2)cc1. The number of halogens is 1. The van der Waals surface area contributed by atoms with Crippen molar-refractivity contribution in [2.75, 3.05) is 6.61 Å². The summed E-state index contributed by atoms with van der Waals surface area (Å²) in [6.07, 6.45) is 0. The molecule has 0 spiro atoms. The zero-order chi connectivity index (χ0) is 21.7. The van der Waals surface area contributed by atoms with Crippen LogP contribution >= 0.6 is 23.4 Å². The van der Waals surface area contributed by atoms with Gasteiger partial charge in [-0.1, -0.05) is 29.4 Å². The van der Waals surface area contributed by atoms with E-state index < -0.39 is 0 Å². The number of benzene rings is 2. The Morgan fingerprint density at radius 2 is 1.80 bits per heavy atom. The summed E-state index contributed by atoms with van der Waals surface area (Å²) in [4.78, 5) is 11.8. The van der Waals surface area contributed by atoms with E-state index in [2.05, 4.69) is 10.2 Å². The van der Waals surface area contributed by atoms with Gasteiger partial charge in [0.05, 0.1) is 17.5 Å². The van der Waals surface area contributed by atoms with Gasteiger partial charge in [0.2, 0.25) is 0 Å². The second-order valence-corrected chi connectivity index (χ2v) is 8.45. The van der Waals surface area contributed by atoms with Crippen LogP contribution in [0.3, 0.4) is 0 Å². The molecule has 1 atom stereocenters. The summed E-state index contributed by atoms with van der Waals surface area (Å²) in [5.41, 5.74) is 1.80. The molecular weight excluding hydrogens is 422 g/mol. The van der Waals surface area contributed by atoms with Crippen LogP contribution in [0, 0.1) is 6.92 Å². The van der Waals surface area contributed by atoms with Crippen LogP contribution in [0.5, 0.6) is 11.5 Å². The van der Waals surface area contributed by atoms with Crippen molar-refractivity contribution in [2.45, 2.75) is 44.7 Å². The fourth-order valence-corrected chi connectivity index (χ4v) is 3.70. The van der Waals surface area contributed by atoms with Gasteiger partial charge in [0.25, 0.3) is 0 Å². The molecule has 3 aromatic rings. The number of rotatable bonds is 9. The van der Waals surface area contributed by atoms with E-state index in [1.807, 2.05) is 67.8 Å². The maximum Gasteiger partial charge on any atom is 0.196 e. The monoisotopic (exact) mass is 445 g/mol. The number of hydrogen-bond acceptors (Lipinski definition) is 6. The van der Waals surface area contributed by atoms with E-state index in [0.29, 0.717) is 28.4 Å². The molecule has 0 bridgehead atoms. The lowest BCUT2D eigenvalue weighted by molar-refractivity contribution is -0.116. The quantitative estimate of drug-likeness (QED) is 0.417. The standard InChI is InChI=1S/C22H24ClN3O3S/c1-5-28-18-8-10-19(11-9-18)29-13-21-24-25-22(30-16(4)15(3)27)26(21)17-7-6-14(2)20(23)12-17/h6-12,16H,5,13H2,1-4H3/t16-/m0/s1. The molecule has 0 saturated carbocycles. The highest BCUT2D eigenvalue weighted by molar-refractivity contribution is 8.00. The average Bonchev–Trinajstić information content (AvgIpc) is 3.12. The summed E-state index contributed by atoms with van der Waals surface area (Å²) in [7, 11) is 0. The van der Waals surface area contributed by atoms with Crippen LogP contribution in [-0.4, -0.2) is 32.4 Å². The highest BCUT2D eigenvalue weighted by Crippen LogP contribution is 2.29. The molecule has 0 amide bonds. The van der Waals surface area contributed by atoms with Gasteiger partial charge < -0.3 is 9.47 Å². The lowest BCUT2D eigenvalue weighted by Crippen LogP contribution is -2.11. The molecule has 1 aromatic heterocycles. The lowest BCUT2D eigenvalue weighted by atomic mass is 10.2. The van der Waals surface area contributed by atoms with Crippen LogP contribution in [0.2, 0.25) is 5.02 Å². The van der Waals surface area contributed by atoms with Gasteiger partial charge in [0.15, 0.2) is 11.0 Å². The fourth-order valence-electron chi connectivity index (χ4n) is 2.64. The molecule has 1 heterocycles. The number of nitrogens with zero attached hydrogens (tertiary/aromatic N) is 3. The number of aryl methyl sites for hydroxylation is 1. The number of carbonyl (C=O) groups excluding carboxylic acids is 1. The number of ether oxygens (including phenoxy) is 2. The third-order valence-corrected chi connectivity index (χ3v) is 6.04. The second kappa shape index (κ2) is 10.00. The van der Waals surface area contributed by atoms with E-state index in [4.69, 9.17) is 21.1 Å². The topological polar surface area (TPSA) is 66.2 Å². The number of aromatic nitrogens is 3. The maximum absolute atomic E-state index is 11.8. The number of carbonyl (C=O) groups is 1. The number of Topliss-reactive ketones (excluding diaryl/α,β-unsaturated/α-hetero) is 1. The first-order chi connectivity index (χ1) is 14.4. The molecule has 0 saturated heterocycles. The normalized spacial score (nSPS) is 11.9. The van der Waals surface area contributed by atoms with Crippen molar-refractivity contribution in [3.8, 4) is 17.2 Å². The first-order valence-corrected chi connectivity index (χ1v) is 10.9. The van der Waals surface area contributed by atoms with E-state index in [1.54, 1.807) is 6.92 Å². The Morgan fingerprint density at radius 3 is 2.40 bits per heavy atom. The van der Waals surface area contributed by atoms with Crippen LogP contribution in [0.15, 0.2) is 47.6 Å². The Bertz CT molecular complexity index is 1020. The Morgan fingerprint density at radius 1 is 1.13 bits per heavy atom. The minimum Gasteiger partial charge on any atom is -0.494 e. The molecule has 0 radical (unpaired) electrons. The highest BCUT2D eigenvalue weighted by atomic mass is 35.5. The Kier molecular flexibility index (Phi) is 7.39. The van der Waals surface area contributed by atoms with Gasteiger partial charge in [0, 0.05) is 5.02 Å². The first kappa shape index (κ1) is 22.2. The molecule has 0 aliphatic heterocycles. The Balaban J connectivity index is 1.88. The Labute approximate surface area is 185 Å². The minimum absolute atomic E-state index is 0.0728. The van der Waals surface area contributed by atoms with Gasteiger partial charge in [-0.3, -0.25) is 9.36 Å². The highest BCUT2D eigenvalue weighted by Gasteiger charge is 2.20. The summed E-state index contributed by atoms with van der Waals surface area (Å²) in [6, 6.07) is 13.2. The van der Waals surface area contributed by atoms with E-state index in [-0.39, 0.29) is 17.6 Å². The summed E-state index contributed by atoms with van der Waals surface area (Å²) in [5.74, 6) is 2.17. The molecule has 0 aliphatic rings. The first-order valence-electron chi connectivity index (χ1n) is 9.62. The number of hydrogen-bond donors (Lipinski definition) is 0. The van der Waals surface area contributed by atoms with Gasteiger partial charge in [-0.15, -0.1) is 10.2 Å². The average molecular weight is 446 g/mol. The van der Waals surface area contributed by atoms with Crippen molar-refractivity contribution in [1.29, 1.82) is 0 Å². The van der Waals surface area contributed by atoms with E-state index in [0.717, 1.165) is 17.0 Å².